The van der Waals surface area contributed by atoms with Gasteiger partial charge in [0.15, 0.2) is 0 Å². The first kappa shape index (κ1) is 35.3. The molecule has 11 heteroatoms. The van der Waals surface area contributed by atoms with Gasteiger partial charge in [0.05, 0.1) is 0 Å². The molecule has 1 N–H and O–H groups in total. The first-order chi connectivity index (χ1) is 24.0. The van der Waals surface area contributed by atoms with E-state index >= 15 is 0 Å². The first-order valence-corrected chi connectivity index (χ1v) is 17.7. The van der Waals surface area contributed by atoms with Crippen LogP contribution < -0.4 is 26.0 Å². The molecule has 0 spiro atoms. The Morgan fingerprint density at radius 3 is 1.80 bits per heavy atom. The molecule has 4 heterocycles. The van der Waals surface area contributed by atoms with Crippen molar-refractivity contribution in [1.82, 2.24) is 9.80 Å². The number of ketones is 1. The quantitative estimate of drug-likeness (QED) is 0.145. The molecule has 0 atom stereocenters. The largest absolute Gasteiger partial charge is 0.490 e. The van der Waals surface area contributed by atoms with Gasteiger partial charge in [-0.15, -0.1) is 0 Å². The third-order valence-electron chi connectivity index (χ3n) is 9.96. The molecule has 0 bridgehead atoms. The Morgan fingerprint density at radius 2 is 1.24 bits per heavy atom. The second-order valence-corrected chi connectivity index (χ2v) is 13.9. The monoisotopic (exact) mass is 685 g/mol. The second-order valence-electron chi connectivity index (χ2n) is 13.9. The summed E-state index contributed by atoms with van der Waals surface area (Å²) < 4.78 is 23.8. The lowest BCUT2D eigenvalue weighted by Crippen LogP contribution is -2.35. The molecule has 1 amide bonds. The van der Waals surface area contributed by atoms with Crippen LogP contribution >= 0.6 is 0 Å². The van der Waals surface area contributed by atoms with Crippen molar-refractivity contribution in [3.8, 4) is 11.5 Å². The smallest absolute Gasteiger partial charge is 0.360 e. The molecule has 0 radical (unpaired) electrons. The minimum Gasteiger partial charge on any atom is -0.490 e. The van der Waals surface area contributed by atoms with Crippen LogP contribution in [0.25, 0.3) is 21.9 Å². The van der Waals surface area contributed by atoms with Gasteiger partial charge >= 0.3 is 11.3 Å². The Hall–Kier alpha value is -4.48. The van der Waals surface area contributed by atoms with Crippen molar-refractivity contribution in [1.29, 1.82) is 0 Å². The molecular weight excluding hydrogens is 638 g/mol. The van der Waals surface area contributed by atoms with Gasteiger partial charge in [0.2, 0.25) is 5.91 Å². The van der Waals surface area contributed by atoms with E-state index in [0.29, 0.717) is 46.5 Å². The van der Waals surface area contributed by atoms with E-state index in [1.165, 1.54) is 0 Å². The van der Waals surface area contributed by atoms with Gasteiger partial charge in [-0.05, 0) is 103 Å². The van der Waals surface area contributed by atoms with Crippen molar-refractivity contribution in [2.75, 3.05) is 45.6 Å². The highest BCUT2D eigenvalue weighted by atomic mass is 16.5. The van der Waals surface area contributed by atoms with Crippen molar-refractivity contribution < 1.29 is 27.9 Å². The number of rotatable bonds is 12. The molecule has 4 aromatic rings. The summed E-state index contributed by atoms with van der Waals surface area (Å²) in [6, 6.07) is 10.8. The average Bonchev–Trinajstić information content (AvgIpc) is 3.09. The number of carbonyl (C=O) groups excluding carboxylic acids is 2. The van der Waals surface area contributed by atoms with Crippen LogP contribution in [0.4, 0.5) is 5.69 Å². The zero-order chi connectivity index (χ0) is 35.4. The SMILES string of the molecule is Cc1c(OC2CCN(C)CC2)ccc2cc(CC(=O)CCCCC(=O)Nc3cc4ccc(OC5CCN(C)CC5)c(C)c4oc3=O)c(=O)oc12. The van der Waals surface area contributed by atoms with Crippen LogP contribution in [-0.4, -0.2) is 74.0 Å². The van der Waals surface area contributed by atoms with E-state index in [1.807, 2.05) is 38.1 Å². The average molecular weight is 686 g/mol. The lowest BCUT2D eigenvalue weighted by atomic mass is 10.0. The minimum absolute atomic E-state index is 0.0420. The number of likely N-dealkylation sites (tertiary alicyclic amines) is 2. The van der Waals surface area contributed by atoms with Gasteiger partial charge in [-0.1, -0.05) is 0 Å². The number of unbranched alkanes of at least 4 members (excludes halogenated alkanes) is 1. The summed E-state index contributed by atoms with van der Waals surface area (Å²) in [5.74, 6) is 0.955. The van der Waals surface area contributed by atoms with E-state index in [-0.39, 0.29) is 48.8 Å². The molecule has 0 unspecified atom stereocenters. The molecule has 2 aliphatic heterocycles. The molecule has 50 heavy (non-hydrogen) atoms. The highest BCUT2D eigenvalue weighted by Gasteiger charge is 2.22. The minimum atomic E-state index is -0.633. The standard InChI is InChI=1S/C39H47N3O8/c1-24-33(47-30-13-17-41(3)18-14-30)11-9-26-21-28(38(45)49-36(24)26)22-29(43)7-5-6-8-35(44)40-32-23-27-10-12-34(25(2)37(27)50-39(32)46)48-31-15-19-42(4)20-16-31/h9-12,21,23,30-31H,5-8,13-20,22H2,1-4H3,(H,40,44). The van der Waals surface area contributed by atoms with Crippen LogP contribution in [0, 0.1) is 13.8 Å². The van der Waals surface area contributed by atoms with Gasteiger partial charge in [0, 0.05) is 72.9 Å². The predicted molar refractivity (Wildman–Crippen MR) is 193 cm³/mol. The number of ether oxygens (including phenoxy) is 2. The summed E-state index contributed by atoms with van der Waals surface area (Å²) in [5.41, 5.74) is 1.65. The van der Waals surface area contributed by atoms with Crippen LogP contribution in [0.5, 0.6) is 11.5 Å². The summed E-state index contributed by atoms with van der Waals surface area (Å²) in [7, 11) is 4.20. The van der Waals surface area contributed by atoms with Crippen LogP contribution in [0.1, 0.15) is 68.1 Å². The van der Waals surface area contributed by atoms with Crippen molar-refractivity contribution in [2.45, 2.75) is 83.8 Å². The van der Waals surface area contributed by atoms with E-state index < -0.39 is 11.3 Å². The van der Waals surface area contributed by atoms with Gasteiger partial charge in [0.1, 0.15) is 46.3 Å². The Morgan fingerprint density at radius 1 is 0.740 bits per heavy atom. The number of Topliss-reactive ketones (excluding diaryl/α,β-unsaturated/α-hetero) is 1. The molecule has 266 valence electrons. The third kappa shape index (κ3) is 8.45. The number of anilines is 1. The highest BCUT2D eigenvalue weighted by molar-refractivity contribution is 5.93. The van der Waals surface area contributed by atoms with Gasteiger partial charge in [0.25, 0.3) is 0 Å². The summed E-state index contributed by atoms with van der Waals surface area (Å²) in [6.07, 6.45) is 5.23. The van der Waals surface area contributed by atoms with Crippen LogP contribution in [0.3, 0.4) is 0 Å². The maximum absolute atomic E-state index is 12.8. The molecule has 2 fully saturated rings. The molecule has 11 nitrogen and oxygen atoms in total. The van der Waals surface area contributed by atoms with E-state index in [0.717, 1.165) is 68.4 Å². The van der Waals surface area contributed by atoms with Gasteiger partial charge in [-0.3, -0.25) is 9.59 Å². The number of hydrogen-bond donors (Lipinski definition) is 1. The Kier molecular flexibility index (Phi) is 11.0. The van der Waals surface area contributed by atoms with Crippen LogP contribution in [0.15, 0.2) is 54.8 Å². The van der Waals surface area contributed by atoms with Crippen molar-refractivity contribution in [3.63, 3.8) is 0 Å². The summed E-state index contributed by atoms with van der Waals surface area (Å²) in [4.78, 5) is 55.6. The molecular formula is C39H47N3O8. The predicted octanol–water partition coefficient (Wildman–Crippen LogP) is 5.77. The van der Waals surface area contributed by atoms with Crippen molar-refractivity contribution >= 4 is 39.3 Å². The fourth-order valence-electron chi connectivity index (χ4n) is 6.81. The van der Waals surface area contributed by atoms with Crippen molar-refractivity contribution in [3.05, 3.63) is 73.9 Å². The number of piperidine rings is 2. The lowest BCUT2D eigenvalue weighted by Gasteiger charge is -2.29. The molecule has 2 aromatic heterocycles. The zero-order valence-corrected chi connectivity index (χ0v) is 29.5. The van der Waals surface area contributed by atoms with E-state index in [4.69, 9.17) is 18.3 Å². The normalized spacial score (nSPS) is 16.6. The number of carbonyl (C=O) groups is 2. The van der Waals surface area contributed by atoms with E-state index in [9.17, 15) is 19.2 Å². The first-order valence-electron chi connectivity index (χ1n) is 17.7. The maximum atomic E-state index is 12.8. The van der Waals surface area contributed by atoms with Crippen molar-refractivity contribution in [2.24, 2.45) is 0 Å². The molecule has 0 saturated carbocycles. The van der Waals surface area contributed by atoms with Crippen LogP contribution in [0.2, 0.25) is 0 Å². The Bertz CT molecular complexity index is 1840. The van der Waals surface area contributed by atoms with Gasteiger partial charge in [-0.2, -0.15) is 0 Å². The number of aryl methyl sites for hydroxylation is 2. The molecule has 2 saturated heterocycles. The number of hydrogen-bond acceptors (Lipinski definition) is 10. The number of amides is 1. The Labute approximate surface area is 291 Å². The molecule has 2 aliphatic rings. The lowest BCUT2D eigenvalue weighted by molar-refractivity contribution is -0.119. The van der Waals surface area contributed by atoms with E-state index in [2.05, 4.69) is 29.2 Å². The number of nitrogens with zero attached hydrogens (tertiary/aromatic N) is 2. The van der Waals surface area contributed by atoms with Gasteiger partial charge < -0.3 is 33.4 Å². The zero-order valence-electron chi connectivity index (χ0n) is 29.5. The number of benzene rings is 2. The summed E-state index contributed by atoms with van der Waals surface area (Å²) >= 11 is 0. The van der Waals surface area contributed by atoms with E-state index in [1.54, 1.807) is 12.1 Å². The number of nitrogens with one attached hydrogen (secondary N) is 1. The Balaban J connectivity index is 0.982. The number of fused-ring (bicyclic) bond motifs is 2. The molecule has 0 aliphatic carbocycles. The third-order valence-corrected chi connectivity index (χ3v) is 9.96. The summed E-state index contributed by atoms with van der Waals surface area (Å²) in [6.45, 7) is 7.67. The highest BCUT2D eigenvalue weighted by Crippen LogP contribution is 2.31. The fraction of sp³-hybridized carbons (Fsp3) is 0.487. The molecule has 2 aromatic carbocycles. The topological polar surface area (TPSA) is 132 Å². The van der Waals surface area contributed by atoms with Crippen LogP contribution in [-0.2, 0) is 16.0 Å². The fourth-order valence-corrected chi connectivity index (χ4v) is 6.81. The maximum Gasteiger partial charge on any atom is 0.360 e. The van der Waals surface area contributed by atoms with Gasteiger partial charge in [-0.25, -0.2) is 9.59 Å². The second kappa shape index (κ2) is 15.6. The summed E-state index contributed by atoms with van der Waals surface area (Å²) in [5, 5.41) is 4.09. The molecule has 6 rings (SSSR count).